The predicted molar refractivity (Wildman–Crippen MR) is 108 cm³/mol. The van der Waals surface area contributed by atoms with Gasteiger partial charge in [-0.1, -0.05) is 11.2 Å². The lowest BCUT2D eigenvalue weighted by atomic mass is 9.87. The summed E-state index contributed by atoms with van der Waals surface area (Å²) in [6.07, 6.45) is 3.79. The number of halogens is 1. The van der Waals surface area contributed by atoms with Crippen molar-refractivity contribution in [3.8, 4) is 23.0 Å². The Morgan fingerprint density at radius 2 is 2.04 bits per heavy atom. The smallest absolute Gasteiger partial charge is 0.257 e. The molecule has 2 heterocycles. The summed E-state index contributed by atoms with van der Waals surface area (Å²) in [6, 6.07) is 10.3. The molecule has 0 radical (unpaired) electrons. The number of rotatable bonds is 3. The molecule has 1 aromatic heterocycles. The lowest BCUT2D eigenvalue weighted by Crippen LogP contribution is -2.17. The first-order valence-corrected chi connectivity index (χ1v) is 10.3. The molecule has 0 spiro atoms. The molecule has 1 aliphatic heterocycles. The van der Waals surface area contributed by atoms with Crippen molar-refractivity contribution < 1.29 is 14.0 Å². The number of hydrogen-bond acceptors (Lipinski definition) is 6. The molecule has 28 heavy (non-hydrogen) atoms. The Hall–Kier alpha value is -2.38. The van der Waals surface area contributed by atoms with Crippen molar-refractivity contribution in [2.75, 3.05) is 13.2 Å². The van der Waals surface area contributed by atoms with E-state index in [2.05, 4.69) is 38.2 Å². The lowest BCUT2D eigenvalue weighted by molar-refractivity contribution is 0.170. The normalized spacial score (nSPS) is 18.0. The van der Waals surface area contributed by atoms with E-state index < -0.39 is 0 Å². The van der Waals surface area contributed by atoms with Crippen LogP contribution in [0, 0.1) is 0 Å². The third-order valence-electron chi connectivity index (χ3n) is 5.24. The summed E-state index contributed by atoms with van der Waals surface area (Å²) in [5, 5.41) is 4.16. The van der Waals surface area contributed by atoms with E-state index in [1.54, 1.807) is 0 Å². The molecule has 6 nitrogen and oxygen atoms in total. The van der Waals surface area contributed by atoms with Crippen LogP contribution >= 0.6 is 15.9 Å². The summed E-state index contributed by atoms with van der Waals surface area (Å²) in [4.78, 5) is 4.59. The van der Waals surface area contributed by atoms with Gasteiger partial charge in [0.2, 0.25) is 0 Å². The number of ether oxygens (including phenoxy) is 2. The van der Waals surface area contributed by atoms with E-state index in [-0.39, 0.29) is 6.04 Å². The minimum absolute atomic E-state index is 0.0844. The molecule has 7 heteroatoms. The van der Waals surface area contributed by atoms with Gasteiger partial charge in [-0.25, -0.2) is 0 Å². The van der Waals surface area contributed by atoms with Crippen molar-refractivity contribution in [3.05, 3.63) is 57.3 Å². The van der Waals surface area contributed by atoms with Crippen LogP contribution in [-0.4, -0.2) is 23.4 Å². The zero-order valence-electron chi connectivity index (χ0n) is 15.3. The molecule has 2 aliphatic rings. The van der Waals surface area contributed by atoms with Crippen LogP contribution in [0.25, 0.3) is 11.5 Å². The topological polar surface area (TPSA) is 83.4 Å². The average Bonchev–Trinajstić information content (AvgIpc) is 3.17. The number of hydrogen-bond donors (Lipinski definition) is 1. The molecule has 1 aliphatic carbocycles. The maximum atomic E-state index is 6.28. The van der Waals surface area contributed by atoms with Gasteiger partial charge < -0.3 is 19.7 Å². The average molecular weight is 442 g/mol. The standard InChI is InChI=1S/C21H20BrN3O3/c22-16-8-12(9-18-20(16)27-7-6-26-18)10-19-24-21(28-25-19)14-5-4-13-2-1-3-17(23)15(13)11-14/h4-5,8-9,11,17H,1-3,6-7,10,23H2. The van der Waals surface area contributed by atoms with Crippen LogP contribution in [0.1, 0.15) is 41.4 Å². The molecule has 5 rings (SSSR count). The van der Waals surface area contributed by atoms with Crippen molar-refractivity contribution >= 4 is 15.9 Å². The summed E-state index contributed by atoms with van der Waals surface area (Å²) in [6.45, 7) is 1.11. The molecule has 0 saturated carbocycles. The van der Waals surface area contributed by atoms with E-state index in [9.17, 15) is 0 Å². The van der Waals surface area contributed by atoms with Gasteiger partial charge in [0, 0.05) is 18.0 Å². The molecule has 0 amide bonds. The quantitative estimate of drug-likeness (QED) is 0.655. The van der Waals surface area contributed by atoms with Gasteiger partial charge >= 0.3 is 0 Å². The molecule has 0 bridgehead atoms. The summed E-state index contributed by atoms with van der Waals surface area (Å²) >= 11 is 3.55. The molecular formula is C21H20BrN3O3. The lowest BCUT2D eigenvalue weighted by Gasteiger charge is -2.22. The van der Waals surface area contributed by atoms with E-state index in [0.29, 0.717) is 31.3 Å². The van der Waals surface area contributed by atoms with Crippen LogP contribution in [0.15, 0.2) is 39.3 Å². The van der Waals surface area contributed by atoms with E-state index >= 15 is 0 Å². The van der Waals surface area contributed by atoms with Crippen molar-refractivity contribution in [1.82, 2.24) is 10.1 Å². The molecule has 3 aromatic rings. The molecular weight excluding hydrogens is 422 g/mol. The molecule has 2 N–H and O–H groups in total. The Balaban J connectivity index is 1.40. The van der Waals surface area contributed by atoms with Crippen LogP contribution in [-0.2, 0) is 12.8 Å². The molecule has 1 unspecified atom stereocenters. The molecule has 144 valence electrons. The third-order valence-corrected chi connectivity index (χ3v) is 5.83. The minimum atomic E-state index is 0.0844. The van der Waals surface area contributed by atoms with Gasteiger partial charge in [0.05, 0.1) is 4.47 Å². The minimum Gasteiger partial charge on any atom is -0.486 e. The first kappa shape index (κ1) is 17.7. The fraction of sp³-hybridized carbons (Fsp3) is 0.333. The second kappa shape index (κ2) is 7.22. The summed E-state index contributed by atoms with van der Waals surface area (Å²) in [5.74, 6) is 2.63. The summed E-state index contributed by atoms with van der Waals surface area (Å²) < 4.78 is 17.7. The Bertz CT molecular complexity index is 1030. The van der Waals surface area contributed by atoms with Crippen LogP contribution in [0.2, 0.25) is 0 Å². The highest BCUT2D eigenvalue weighted by Crippen LogP contribution is 2.39. The summed E-state index contributed by atoms with van der Waals surface area (Å²) in [5.41, 5.74) is 10.7. The van der Waals surface area contributed by atoms with Crippen LogP contribution in [0.4, 0.5) is 0 Å². The number of fused-ring (bicyclic) bond motifs is 2. The second-order valence-corrected chi connectivity index (χ2v) is 8.06. The Morgan fingerprint density at radius 3 is 2.96 bits per heavy atom. The van der Waals surface area contributed by atoms with Gasteiger partial charge in [-0.2, -0.15) is 4.98 Å². The van der Waals surface area contributed by atoms with Gasteiger partial charge in [0.1, 0.15) is 13.2 Å². The number of nitrogens with zero attached hydrogens (tertiary/aromatic N) is 2. The number of aromatic nitrogens is 2. The monoisotopic (exact) mass is 441 g/mol. The molecule has 2 aromatic carbocycles. The van der Waals surface area contributed by atoms with E-state index in [1.165, 1.54) is 11.1 Å². The highest BCUT2D eigenvalue weighted by atomic mass is 79.9. The first-order valence-electron chi connectivity index (χ1n) is 9.47. The van der Waals surface area contributed by atoms with E-state index in [0.717, 1.165) is 46.4 Å². The zero-order chi connectivity index (χ0) is 19.1. The molecule has 0 saturated heterocycles. The van der Waals surface area contributed by atoms with Gasteiger partial charge in [-0.05, 0) is 76.1 Å². The number of nitrogens with two attached hydrogens (primary N) is 1. The fourth-order valence-electron chi connectivity index (χ4n) is 3.86. The van der Waals surface area contributed by atoms with Crippen molar-refractivity contribution in [3.63, 3.8) is 0 Å². The van der Waals surface area contributed by atoms with Gasteiger partial charge in [0.25, 0.3) is 5.89 Å². The maximum absolute atomic E-state index is 6.28. The number of aryl methyl sites for hydroxylation is 1. The van der Waals surface area contributed by atoms with E-state index in [1.807, 2.05) is 18.2 Å². The largest absolute Gasteiger partial charge is 0.486 e. The summed E-state index contributed by atoms with van der Waals surface area (Å²) in [7, 11) is 0. The first-order chi connectivity index (χ1) is 13.7. The van der Waals surface area contributed by atoms with Crippen LogP contribution < -0.4 is 15.2 Å². The third kappa shape index (κ3) is 3.29. The van der Waals surface area contributed by atoms with Crippen LogP contribution in [0.5, 0.6) is 11.5 Å². The highest BCUT2D eigenvalue weighted by Gasteiger charge is 2.20. The Kier molecular flexibility index (Phi) is 4.56. The van der Waals surface area contributed by atoms with E-state index in [4.69, 9.17) is 19.7 Å². The zero-order valence-corrected chi connectivity index (χ0v) is 16.9. The Morgan fingerprint density at radius 1 is 1.14 bits per heavy atom. The maximum Gasteiger partial charge on any atom is 0.257 e. The highest BCUT2D eigenvalue weighted by molar-refractivity contribution is 9.10. The Labute approximate surface area is 171 Å². The van der Waals surface area contributed by atoms with Crippen LogP contribution in [0.3, 0.4) is 0 Å². The van der Waals surface area contributed by atoms with Crippen molar-refractivity contribution in [2.45, 2.75) is 31.7 Å². The van der Waals surface area contributed by atoms with Gasteiger partial charge in [0.15, 0.2) is 17.3 Å². The molecule has 0 fully saturated rings. The predicted octanol–water partition coefficient (Wildman–Crippen LogP) is 4.20. The second-order valence-electron chi connectivity index (χ2n) is 7.21. The van der Waals surface area contributed by atoms with Gasteiger partial charge in [-0.3, -0.25) is 0 Å². The molecule has 1 atom stereocenters. The SMILES string of the molecule is NC1CCCc2ccc(-c3nc(Cc4cc(Br)c5c(c4)OCCO5)no3)cc21. The van der Waals surface area contributed by atoms with Crippen molar-refractivity contribution in [2.24, 2.45) is 5.73 Å². The fourth-order valence-corrected chi connectivity index (χ4v) is 4.46. The van der Waals surface area contributed by atoms with Gasteiger partial charge in [-0.15, -0.1) is 0 Å². The number of benzene rings is 2. The van der Waals surface area contributed by atoms with Crippen molar-refractivity contribution in [1.29, 1.82) is 0 Å².